The first kappa shape index (κ1) is 27.0. The molecule has 186 valence electrons. The minimum Gasteiger partial charge on any atom is -0.389 e. The number of benzene rings is 3. The molecule has 3 aromatic carbocycles. The van der Waals surface area contributed by atoms with Crippen LogP contribution >= 0.6 is 11.6 Å². The van der Waals surface area contributed by atoms with Crippen LogP contribution in [0, 0.1) is 12.7 Å². The number of hydrogen-bond acceptors (Lipinski definition) is 4. The molecule has 6 heteroatoms. The topological polar surface area (TPSA) is 58.6 Å². The minimum atomic E-state index is -0.708. The Balaban J connectivity index is 1.57. The van der Waals surface area contributed by atoms with E-state index in [4.69, 9.17) is 16.3 Å². The van der Waals surface area contributed by atoms with E-state index in [0.717, 1.165) is 34.1 Å². The first-order valence-electron chi connectivity index (χ1n) is 11.7. The van der Waals surface area contributed by atoms with Crippen LogP contribution in [-0.4, -0.2) is 36.2 Å². The molecule has 0 aromatic heterocycles. The van der Waals surface area contributed by atoms with Gasteiger partial charge in [0, 0.05) is 17.6 Å². The average Bonchev–Trinajstić information content (AvgIpc) is 2.83. The predicted octanol–water partition coefficient (Wildman–Crippen LogP) is 6.32. The van der Waals surface area contributed by atoms with Gasteiger partial charge in [-0.3, -0.25) is 4.79 Å². The molecule has 0 aliphatic heterocycles. The Morgan fingerprint density at radius 2 is 1.89 bits per heavy atom. The zero-order valence-electron chi connectivity index (χ0n) is 20.6. The number of carbonyl (C=O) groups excluding carboxylic acids is 1. The number of aliphatic hydroxyl groups excluding tert-OH is 1. The van der Waals surface area contributed by atoms with Crippen molar-refractivity contribution in [3.8, 4) is 11.1 Å². The molecule has 0 spiro atoms. The standard InChI is InChI=1S/C29H33ClFNO3/c1-19-13-22(10-11-23(19)17-33)26-8-6-5-7-25(26)20(2)35-18-24(34)16-32-29(3,4)15-21-9-12-27(30)28(31)14-21/h5-14,17,20,24,32,34H,15-16,18H2,1-4H3/t20-,24-/m1/s1. The highest BCUT2D eigenvalue weighted by molar-refractivity contribution is 6.30. The number of carbonyl (C=O) groups is 1. The van der Waals surface area contributed by atoms with E-state index in [1.165, 1.54) is 6.07 Å². The van der Waals surface area contributed by atoms with Crippen LogP contribution in [0.4, 0.5) is 4.39 Å². The summed E-state index contributed by atoms with van der Waals surface area (Å²) in [7, 11) is 0. The van der Waals surface area contributed by atoms with Crippen LogP contribution in [0.1, 0.15) is 53.9 Å². The maximum absolute atomic E-state index is 13.8. The van der Waals surface area contributed by atoms with E-state index in [1.54, 1.807) is 6.07 Å². The Morgan fingerprint density at radius 3 is 2.57 bits per heavy atom. The number of rotatable bonds is 11. The molecule has 0 radical (unpaired) electrons. The maximum atomic E-state index is 13.8. The second-order valence-electron chi connectivity index (χ2n) is 9.60. The molecule has 0 aliphatic rings. The van der Waals surface area contributed by atoms with Gasteiger partial charge in [-0.2, -0.15) is 0 Å². The Labute approximate surface area is 212 Å². The molecule has 3 aromatic rings. The third-order valence-corrected chi connectivity index (χ3v) is 6.40. The fourth-order valence-electron chi connectivity index (χ4n) is 4.11. The van der Waals surface area contributed by atoms with Gasteiger partial charge in [-0.25, -0.2) is 4.39 Å². The van der Waals surface area contributed by atoms with Gasteiger partial charge in [0.2, 0.25) is 0 Å². The summed E-state index contributed by atoms with van der Waals surface area (Å²) in [6.45, 7) is 8.39. The van der Waals surface area contributed by atoms with Crippen molar-refractivity contribution in [2.24, 2.45) is 0 Å². The first-order chi connectivity index (χ1) is 16.6. The van der Waals surface area contributed by atoms with Crippen molar-refractivity contribution in [1.29, 1.82) is 0 Å². The van der Waals surface area contributed by atoms with Crippen molar-refractivity contribution in [3.05, 3.63) is 93.8 Å². The lowest BCUT2D eigenvalue weighted by Gasteiger charge is -2.28. The van der Waals surface area contributed by atoms with Gasteiger partial charge in [0.05, 0.1) is 23.8 Å². The summed E-state index contributed by atoms with van der Waals surface area (Å²) < 4.78 is 19.8. The van der Waals surface area contributed by atoms with Crippen LogP contribution in [-0.2, 0) is 11.2 Å². The highest BCUT2D eigenvalue weighted by Gasteiger charge is 2.21. The molecule has 3 rings (SSSR count). The smallest absolute Gasteiger partial charge is 0.150 e. The van der Waals surface area contributed by atoms with Gasteiger partial charge in [0.15, 0.2) is 0 Å². The Hall–Kier alpha value is -2.57. The van der Waals surface area contributed by atoms with Gasteiger partial charge >= 0.3 is 0 Å². The van der Waals surface area contributed by atoms with Crippen molar-refractivity contribution in [3.63, 3.8) is 0 Å². The second-order valence-corrected chi connectivity index (χ2v) is 10.0. The van der Waals surface area contributed by atoms with Crippen molar-refractivity contribution < 1.29 is 19.0 Å². The average molecular weight is 498 g/mol. The van der Waals surface area contributed by atoms with Crippen LogP contribution in [0.25, 0.3) is 11.1 Å². The van der Waals surface area contributed by atoms with Gasteiger partial charge in [-0.05, 0) is 74.1 Å². The number of nitrogens with one attached hydrogen (secondary N) is 1. The molecular weight excluding hydrogens is 465 g/mol. The quantitative estimate of drug-likeness (QED) is 0.304. The van der Waals surface area contributed by atoms with Crippen molar-refractivity contribution in [1.82, 2.24) is 5.32 Å². The Morgan fingerprint density at radius 1 is 1.14 bits per heavy atom. The molecule has 0 aliphatic carbocycles. The van der Waals surface area contributed by atoms with E-state index < -0.39 is 11.9 Å². The minimum absolute atomic E-state index is 0.107. The highest BCUT2D eigenvalue weighted by Crippen LogP contribution is 2.31. The fourth-order valence-corrected chi connectivity index (χ4v) is 4.23. The SMILES string of the molecule is Cc1cc(-c2ccccc2[C@@H](C)OC[C@H](O)CNC(C)(C)Cc2ccc(Cl)c(F)c2)ccc1C=O. The molecule has 0 unspecified atom stereocenters. The van der Waals surface area contributed by atoms with E-state index in [9.17, 15) is 14.3 Å². The third-order valence-electron chi connectivity index (χ3n) is 6.09. The fraction of sp³-hybridized carbons (Fsp3) is 0.345. The molecule has 0 saturated carbocycles. The molecule has 0 amide bonds. The molecule has 2 atom stereocenters. The van der Waals surface area contributed by atoms with Crippen LogP contribution in [0.3, 0.4) is 0 Å². The largest absolute Gasteiger partial charge is 0.389 e. The molecule has 35 heavy (non-hydrogen) atoms. The zero-order valence-corrected chi connectivity index (χ0v) is 21.4. The lowest BCUT2D eigenvalue weighted by atomic mass is 9.94. The van der Waals surface area contributed by atoms with E-state index in [-0.39, 0.29) is 23.3 Å². The number of halogens is 2. The molecule has 2 N–H and O–H groups in total. The molecule has 0 bridgehead atoms. The molecule has 0 heterocycles. The van der Waals surface area contributed by atoms with E-state index in [2.05, 4.69) is 5.32 Å². The summed E-state index contributed by atoms with van der Waals surface area (Å²) in [5.74, 6) is -0.433. The molecule has 4 nitrogen and oxygen atoms in total. The summed E-state index contributed by atoms with van der Waals surface area (Å²) in [5.41, 5.74) is 5.13. The molecule has 0 fully saturated rings. The predicted molar refractivity (Wildman–Crippen MR) is 140 cm³/mol. The number of aldehydes is 1. The Kier molecular flexibility index (Phi) is 9.20. The van der Waals surface area contributed by atoms with Gasteiger partial charge in [-0.15, -0.1) is 0 Å². The Bertz CT molecular complexity index is 1160. The molecule has 0 saturated heterocycles. The van der Waals surface area contributed by atoms with E-state index in [1.807, 2.05) is 76.2 Å². The van der Waals surface area contributed by atoms with E-state index in [0.29, 0.717) is 18.5 Å². The van der Waals surface area contributed by atoms with Crippen LogP contribution in [0.15, 0.2) is 60.7 Å². The number of aliphatic hydroxyl groups is 1. The van der Waals surface area contributed by atoms with Crippen molar-refractivity contribution in [2.75, 3.05) is 13.2 Å². The van der Waals surface area contributed by atoms with E-state index >= 15 is 0 Å². The number of aryl methyl sites for hydroxylation is 1. The van der Waals surface area contributed by atoms with Crippen LogP contribution < -0.4 is 5.32 Å². The zero-order chi connectivity index (χ0) is 25.6. The summed E-state index contributed by atoms with van der Waals surface area (Å²) in [6.07, 6.45) is 0.499. The van der Waals surface area contributed by atoms with Gasteiger partial charge in [0.25, 0.3) is 0 Å². The van der Waals surface area contributed by atoms with Crippen LogP contribution in [0.2, 0.25) is 5.02 Å². The summed E-state index contributed by atoms with van der Waals surface area (Å²) in [5, 5.41) is 14.0. The number of ether oxygens (including phenoxy) is 1. The van der Waals surface area contributed by atoms with Crippen LogP contribution in [0.5, 0.6) is 0 Å². The summed E-state index contributed by atoms with van der Waals surface area (Å²) in [6, 6.07) is 18.6. The maximum Gasteiger partial charge on any atom is 0.150 e. The normalized spacial score (nSPS) is 13.5. The molecular formula is C29H33ClFNO3. The third kappa shape index (κ3) is 7.45. The lowest BCUT2D eigenvalue weighted by molar-refractivity contribution is -0.00397. The summed E-state index contributed by atoms with van der Waals surface area (Å²) >= 11 is 5.77. The second kappa shape index (κ2) is 11.9. The van der Waals surface area contributed by atoms with Gasteiger partial charge < -0.3 is 15.2 Å². The number of β-amino-alcohol motifs (C(OH)–C–C–N with tert-alkyl or cyclic N) is 1. The van der Waals surface area contributed by atoms with Crippen molar-refractivity contribution in [2.45, 2.75) is 51.9 Å². The van der Waals surface area contributed by atoms with Gasteiger partial charge in [0.1, 0.15) is 12.1 Å². The first-order valence-corrected chi connectivity index (χ1v) is 12.1. The monoisotopic (exact) mass is 497 g/mol. The van der Waals surface area contributed by atoms with Gasteiger partial charge in [-0.1, -0.05) is 60.1 Å². The van der Waals surface area contributed by atoms with Crippen molar-refractivity contribution >= 4 is 17.9 Å². The lowest BCUT2D eigenvalue weighted by Crippen LogP contribution is -2.46. The highest BCUT2D eigenvalue weighted by atomic mass is 35.5. The number of hydrogen-bond donors (Lipinski definition) is 2. The summed E-state index contributed by atoms with van der Waals surface area (Å²) in [4.78, 5) is 11.2.